The van der Waals surface area contributed by atoms with Crippen molar-refractivity contribution in [1.82, 2.24) is 9.80 Å². The lowest BCUT2D eigenvalue weighted by Crippen LogP contribution is -2.42. The maximum atomic E-state index is 13.1. The van der Waals surface area contributed by atoms with E-state index in [0.717, 1.165) is 24.2 Å². The number of hydrogen-bond donors (Lipinski definition) is 1. The number of hydrogen-bond acceptors (Lipinski definition) is 6. The van der Waals surface area contributed by atoms with Crippen molar-refractivity contribution in [2.45, 2.75) is 13.0 Å². The summed E-state index contributed by atoms with van der Waals surface area (Å²) in [4.78, 5) is 29.9. The van der Waals surface area contributed by atoms with Gasteiger partial charge in [0.05, 0.1) is 31.9 Å². The van der Waals surface area contributed by atoms with Crippen LogP contribution in [0.2, 0.25) is 0 Å². The Kier molecular flexibility index (Phi) is 6.58. The first kappa shape index (κ1) is 22.0. The fraction of sp³-hybridized carbons (Fsp3) is 0.360. The van der Waals surface area contributed by atoms with E-state index >= 15 is 0 Å². The standard InChI is InChI=1S/C25H28N2O5/c1-17-3-5-19(6-4-17)23(28)21-22(18-7-9-20(31-2)10-8-18)27(25(30)24(21)29)12-11-26-13-15-32-16-14-26/h3-10,22,28H,11-16H2,1-2H3/b23-21+/t22-/m1/s1. The summed E-state index contributed by atoms with van der Waals surface area (Å²) in [6.07, 6.45) is 0. The lowest BCUT2D eigenvalue weighted by molar-refractivity contribution is -0.140. The van der Waals surface area contributed by atoms with Crippen molar-refractivity contribution in [3.63, 3.8) is 0 Å². The van der Waals surface area contributed by atoms with Gasteiger partial charge in [0.15, 0.2) is 0 Å². The zero-order valence-corrected chi connectivity index (χ0v) is 18.4. The topological polar surface area (TPSA) is 79.3 Å². The molecule has 2 heterocycles. The number of aliphatic hydroxyl groups excluding tert-OH is 1. The van der Waals surface area contributed by atoms with E-state index in [1.807, 2.05) is 31.2 Å². The molecule has 0 spiro atoms. The summed E-state index contributed by atoms with van der Waals surface area (Å²) >= 11 is 0. The smallest absolute Gasteiger partial charge is 0.295 e. The minimum absolute atomic E-state index is 0.117. The van der Waals surface area contributed by atoms with E-state index in [2.05, 4.69) is 4.90 Å². The first-order chi connectivity index (χ1) is 15.5. The van der Waals surface area contributed by atoms with Crippen LogP contribution >= 0.6 is 0 Å². The van der Waals surface area contributed by atoms with Crippen LogP contribution in [0.1, 0.15) is 22.7 Å². The van der Waals surface area contributed by atoms with Gasteiger partial charge in [0.25, 0.3) is 11.7 Å². The van der Waals surface area contributed by atoms with Gasteiger partial charge in [-0.2, -0.15) is 0 Å². The minimum atomic E-state index is -0.664. The van der Waals surface area contributed by atoms with Crippen molar-refractivity contribution in [2.75, 3.05) is 46.5 Å². The predicted octanol–water partition coefficient (Wildman–Crippen LogP) is 2.76. The SMILES string of the molecule is COc1ccc([C@@H]2/C(=C(\O)c3ccc(C)cc3)C(=O)C(=O)N2CCN2CCOCC2)cc1. The van der Waals surface area contributed by atoms with Crippen LogP contribution in [-0.4, -0.2) is 73.1 Å². The number of ether oxygens (including phenoxy) is 2. The molecule has 7 heteroatoms. The number of nitrogens with zero attached hydrogens (tertiary/aromatic N) is 2. The number of methoxy groups -OCH3 is 1. The van der Waals surface area contributed by atoms with Crippen LogP contribution in [0.15, 0.2) is 54.1 Å². The first-order valence-electron chi connectivity index (χ1n) is 10.8. The lowest BCUT2D eigenvalue weighted by atomic mass is 9.95. The highest BCUT2D eigenvalue weighted by atomic mass is 16.5. The number of morpholine rings is 1. The molecule has 168 valence electrons. The Morgan fingerprint density at radius 1 is 1.03 bits per heavy atom. The van der Waals surface area contributed by atoms with E-state index in [0.29, 0.717) is 37.6 Å². The molecule has 0 saturated carbocycles. The molecule has 1 N–H and O–H groups in total. The minimum Gasteiger partial charge on any atom is -0.507 e. The van der Waals surface area contributed by atoms with E-state index in [1.54, 1.807) is 36.3 Å². The Hall–Kier alpha value is -3.16. The molecule has 2 saturated heterocycles. The Labute approximate surface area is 187 Å². The summed E-state index contributed by atoms with van der Waals surface area (Å²) in [7, 11) is 1.58. The van der Waals surface area contributed by atoms with Gasteiger partial charge in [-0.15, -0.1) is 0 Å². The number of amides is 1. The van der Waals surface area contributed by atoms with Gasteiger partial charge in [0.1, 0.15) is 11.5 Å². The van der Waals surface area contributed by atoms with Crippen molar-refractivity contribution in [3.8, 4) is 5.75 Å². The van der Waals surface area contributed by atoms with Crippen LogP contribution in [0, 0.1) is 6.92 Å². The van der Waals surface area contributed by atoms with Gasteiger partial charge in [0, 0.05) is 31.7 Å². The summed E-state index contributed by atoms with van der Waals surface area (Å²) in [5.41, 5.74) is 2.42. The van der Waals surface area contributed by atoms with Crippen LogP contribution in [0.4, 0.5) is 0 Å². The molecule has 0 aliphatic carbocycles. The third kappa shape index (κ3) is 4.40. The predicted molar refractivity (Wildman–Crippen MR) is 120 cm³/mol. The van der Waals surface area contributed by atoms with Gasteiger partial charge >= 0.3 is 0 Å². The highest BCUT2D eigenvalue weighted by Gasteiger charge is 2.46. The Balaban J connectivity index is 1.72. The van der Waals surface area contributed by atoms with Crippen molar-refractivity contribution in [1.29, 1.82) is 0 Å². The Morgan fingerprint density at radius 3 is 2.31 bits per heavy atom. The summed E-state index contributed by atoms with van der Waals surface area (Å²) in [5.74, 6) is -0.728. The number of rotatable bonds is 6. The van der Waals surface area contributed by atoms with Crippen LogP contribution in [0.3, 0.4) is 0 Å². The Morgan fingerprint density at radius 2 is 1.69 bits per heavy atom. The monoisotopic (exact) mass is 436 g/mol. The molecular weight excluding hydrogens is 408 g/mol. The molecule has 1 atom stereocenters. The van der Waals surface area contributed by atoms with Gasteiger partial charge < -0.3 is 19.5 Å². The average molecular weight is 437 g/mol. The molecule has 2 aliphatic rings. The number of aryl methyl sites for hydroxylation is 1. The lowest BCUT2D eigenvalue weighted by Gasteiger charge is -2.31. The number of carbonyl (C=O) groups is 2. The van der Waals surface area contributed by atoms with E-state index in [9.17, 15) is 14.7 Å². The summed E-state index contributed by atoms with van der Waals surface area (Å²) in [6.45, 7) is 5.87. The fourth-order valence-electron chi connectivity index (χ4n) is 4.18. The Bertz CT molecular complexity index is 1010. The number of likely N-dealkylation sites (tertiary alicyclic amines) is 1. The molecule has 0 unspecified atom stereocenters. The fourth-order valence-corrected chi connectivity index (χ4v) is 4.18. The molecule has 0 bridgehead atoms. The molecule has 32 heavy (non-hydrogen) atoms. The third-order valence-electron chi connectivity index (χ3n) is 6.06. The molecule has 2 aromatic rings. The maximum absolute atomic E-state index is 13.1. The molecule has 2 aliphatic heterocycles. The van der Waals surface area contributed by atoms with Crippen LogP contribution in [-0.2, 0) is 14.3 Å². The van der Waals surface area contributed by atoms with Crippen molar-refractivity contribution >= 4 is 17.4 Å². The van der Waals surface area contributed by atoms with Gasteiger partial charge in [0.2, 0.25) is 0 Å². The molecule has 0 radical (unpaired) electrons. The number of ketones is 1. The van der Waals surface area contributed by atoms with Crippen molar-refractivity contribution < 1.29 is 24.2 Å². The van der Waals surface area contributed by atoms with Crippen molar-refractivity contribution in [3.05, 3.63) is 70.8 Å². The zero-order valence-electron chi connectivity index (χ0n) is 18.4. The van der Waals surface area contributed by atoms with E-state index in [1.165, 1.54) is 0 Å². The molecule has 7 nitrogen and oxygen atoms in total. The summed E-state index contributed by atoms with van der Waals surface area (Å²) in [6, 6.07) is 13.8. The second kappa shape index (κ2) is 9.54. The molecule has 1 amide bonds. The summed E-state index contributed by atoms with van der Waals surface area (Å²) in [5, 5.41) is 11.1. The van der Waals surface area contributed by atoms with Gasteiger partial charge in [-0.1, -0.05) is 42.0 Å². The highest BCUT2D eigenvalue weighted by molar-refractivity contribution is 6.46. The largest absolute Gasteiger partial charge is 0.507 e. The van der Waals surface area contributed by atoms with E-state index in [4.69, 9.17) is 9.47 Å². The van der Waals surface area contributed by atoms with Gasteiger partial charge in [-0.25, -0.2) is 0 Å². The quantitative estimate of drug-likeness (QED) is 0.426. The zero-order chi connectivity index (χ0) is 22.7. The van der Waals surface area contributed by atoms with Crippen LogP contribution in [0.5, 0.6) is 5.75 Å². The van der Waals surface area contributed by atoms with Gasteiger partial charge in [-0.05, 0) is 24.6 Å². The second-order valence-electron chi connectivity index (χ2n) is 8.09. The maximum Gasteiger partial charge on any atom is 0.295 e. The number of Topliss-reactive ketones (excluding diaryl/α,β-unsaturated/α-hetero) is 1. The first-order valence-corrected chi connectivity index (χ1v) is 10.8. The van der Waals surface area contributed by atoms with Crippen LogP contribution in [0.25, 0.3) is 5.76 Å². The van der Waals surface area contributed by atoms with Gasteiger partial charge in [-0.3, -0.25) is 14.5 Å². The molecule has 0 aromatic heterocycles. The average Bonchev–Trinajstić information content (AvgIpc) is 3.08. The third-order valence-corrected chi connectivity index (χ3v) is 6.06. The molecule has 2 fully saturated rings. The molecule has 4 rings (SSSR count). The molecular formula is C25H28N2O5. The highest BCUT2D eigenvalue weighted by Crippen LogP contribution is 2.39. The normalized spacial score (nSPS) is 21.2. The number of aliphatic hydroxyl groups is 1. The van der Waals surface area contributed by atoms with Crippen molar-refractivity contribution in [2.24, 2.45) is 0 Å². The second-order valence-corrected chi connectivity index (χ2v) is 8.09. The van der Waals surface area contributed by atoms with Crippen LogP contribution < -0.4 is 4.74 Å². The van der Waals surface area contributed by atoms with E-state index < -0.39 is 17.7 Å². The number of carbonyl (C=O) groups excluding carboxylic acids is 2. The molecule has 2 aromatic carbocycles. The number of benzene rings is 2. The van der Waals surface area contributed by atoms with E-state index in [-0.39, 0.29) is 11.3 Å². The summed E-state index contributed by atoms with van der Waals surface area (Å²) < 4.78 is 10.7.